The zero-order chi connectivity index (χ0) is 8.81. The normalized spacial score (nSPS) is 10.8. The lowest BCUT2D eigenvalue weighted by Crippen LogP contribution is -2.00. The Hall–Kier alpha value is -0.720. The summed E-state index contributed by atoms with van der Waals surface area (Å²) >= 11 is 0. The van der Waals surface area contributed by atoms with Gasteiger partial charge in [0.05, 0.1) is 6.61 Å². The number of carbonyl (C=O) groups is 1. The minimum atomic E-state index is -0.0430. The molecule has 64 valence electrons. The zero-order valence-corrected chi connectivity index (χ0v) is 7.66. The average Bonchev–Trinajstić information content (AvgIpc) is 2.06. The fourth-order valence-corrected chi connectivity index (χ4v) is 1.76. The third-order valence-corrected chi connectivity index (χ3v) is 2.55. The third kappa shape index (κ3) is 3.12. The van der Waals surface area contributed by atoms with E-state index in [4.69, 9.17) is 5.11 Å². The number of aliphatic hydroxyl groups excluding tert-OH is 1. The number of benzene rings is 1. The van der Waals surface area contributed by atoms with Crippen molar-refractivity contribution in [3.05, 3.63) is 30.3 Å². The monoisotopic (exact) mass is 182 g/mol. The average molecular weight is 182 g/mol. The predicted molar refractivity (Wildman–Crippen MR) is 51.1 cm³/mol. The summed E-state index contributed by atoms with van der Waals surface area (Å²) in [5, 5.41) is 9.54. The Labute approximate surface area is 73.4 Å². The van der Waals surface area contributed by atoms with Crippen LogP contribution in [0, 0.1) is 0 Å². The molecule has 1 aromatic rings. The van der Waals surface area contributed by atoms with Crippen molar-refractivity contribution in [3.8, 4) is 0 Å². The molecule has 3 heteroatoms. The van der Waals surface area contributed by atoms with Gasteiger partial charge < -0.3 is 5.11 Å². The van der Waals surface area contributed by atoms with E-state index in [-0.39, 0.29) is 27.1 Å². The maximum atomic E-state index is 11.1. The van der Waals surface area contributed by atoms with Crippen molar-refractivity contribution in [2.24, 2.45) is 0 Å². The van der Waals surface area contributed by atoms with E-state index in [1.807, 2.05) is 30.3 Å². The van der Waals surface area contributed by atoms with Crippen molar-refractivity contribution >= 4 is 19.4 Å². The molecule has 0 aromatic heterocycles. The molecule has 12 heavy (non-hydrogen) atoms. The van der Waals surface area contributed by atoms with Gasteiger partial charge in [-0.25, -0.2) is 0 Å². The maximum Gasteiger partial charge on any atom is 0.158 e. The molecule has 0 spiro atoms. The lowest BCUT2D eigenvalue weighted by Gasteiger charge is -1.97. The molecule has 0 radical (unpaired) electrons. The second-order valence-electron chi connectivity index (χ2n) is 2.39. The molecule has 1 atom stereocenters. The standard InChI is InChI=1S/C9H11O2P/c10-7-6-9(11)12-8-4-2-1-3-5-8/h1-5,10,12H,6-7H2. The molecule has 0 aliphatic rings. The van der Waals surface area contributed by atoms with Crippen LogP contribution in [0.1, 0.15) is 6.42 Å². The van der Waals surface area contributed by atoms with Crippen LogP contribution in [0.25, 0.3) is 0 Å². The Morgan fingerprint density at radius 2 is 2.00 bits per heavy atom. The summed E-state index contributed by atoms with van der Waals surface area (Å²) in [5.74, 6) is 0. The fourth-order valence-electron chi connectivity index (χ4n) is 0.847. The number of aliphatic hydroxyl groups is 1. The molecule has 0 saturated heterocycles. The minimum Gasteiger partial charge on any atom is -0.396 e. The van der Waals surface area contributed by atoms with Gasteiger partial charge in [-0.15, -0.1) is 0 Å². The molecule has 2 nitrogen and oxygen atoms in total. The Bertz CT molecular complexity index is 246. The molecule has 0 heterocycles. The SMILES string of the molecule is O=C(CCO)Pc1ccccc1. The summed E-state index contributed by atoms with van der Waals surface area (Å²) in [6, 6.07) is 9.59. The highest BCUT2D eigenvalue weighted by Gasteiger charge is 2.00. The smallest absolute Gasteiger partial charge is 0.158 e. The van der Waals surface area contributed by atoms with Gasteiger partial charge in [-0.3, -0.25) is 4.79 Å². The maximum absolute atomic E-state index is 11.1. The van der Waals surface area contributed by atoms with Gasteiger partial charge in [-0.2, -0.15) is 0 Å². The van der Waals surface area contributed by atoms with Gasteiger partial charge in [0.25, 0.3) is 0 Å². The first-order valence-corrected chi connectivity index (χ1v) is 4.78. The van der Waals surface area contributed by atoms with Crippen LogP contribution < -0.4 is 5.30 Å². The highest BCUT2D eigenvalue weighted by Crippen LogP contribution is 2.12. The van der Waals surface area contributed by atoms with Crippen molar-refractivity contribution < 1.29 is 9.90 Å². The van der Waals surface area contributed by atoms with Gasteiger partial charge in [0, 0.05) is 6.42 Å². The summed E-state index contributed by atoms with van der Waals surface area (Å²) in [4.78, 5) is 11.1. The zero-order valence-electron chi connectivity index (χ0n) is 6.66. The molecule has 0 aliphatic carbocycles. The Kier molecular flexibility index (Phi) is 3.92. The quantitative estimate of drug-likeness (QED) is 0.702. The van der Waals surface area contributed by atoms with Crippen LogP contribution in [0.3, 0.4) is 0 Å². The van der Waals surface area contributed by atoms with E-state index < -0.39 is 0 Å². The van der Waals surface area contributed by atoms with Crippen molar-refractivity contribution in [1.29, 1.82) is 0 Å². The second-order valence-corrected chi connectivity index (χ2v) is 3.77. The Balaban J connectivity index is 2.47. The van der Waals surface area contributed by atoms with E-state index in [0.717, 1.165) is 5.30 Å². The van der Waals surface area contributed by atoms with Gasteiger partial charge in [0.2, 0.25) is 0 Å². The van der Waals surface area contributed by atoms with Crippen molar-refractivity contribution in [2.45, 2.75) is 6.42 Å². The third-order valence-electron chi connectivity index (χ3n) is 1.40. The summed E-state index contributed by atoms with van der Waals surface area (Å²) < 4.78 is 0. The Morgan fingerprint density at radius 1 is 1.33 bits per heavy atom. The van der Waals surface area contributed by atoms with Gasteiger partial charge in [0.15, 0.2) is 5.52 Å². The minimum absolute atomic E-state index is 0.0430. The molecule has 1 N–H and O–H groups in total. The van der Waals surface area contributed by atoms with Gasteiger partial charge in [-0.05, 0) is 13.9 Å². The van der Waals surface area contributed by atoms with E-state index >= 15 is 0 Å². The first-order valence-electron chi connectivity index (χ1n) is 3.78. The van der Waals surface area contributed by atoms with Crippen LogP contribution in [-0.4, -0.2) is 17.2 Å². The molecule has 1 unspecified atom stereocenters. The first kappa shape index (κ1) is 9.37. The molecule has 0 bridgehead atoms. The molecule has 1 aromatic carbocycles. The number of hydrogen-bond acceptors (Lipinski definition) is 2. The molecule has 0 fully saturated rings. The lowest BCUT2D eigenvalue weighted by molar-refractivity contribution is -0.111. The van der Waals surface area contributed by atoms with Crippen LogP contribution in [0.5, 0.6) is 0 Å². The number of hydrogen-bond donors (Lipinski definition) is 1. The predicted octanol–water partition coefficient (Wildman–Crippen LogP) is 0.899. The molecule has 0 saturated carbocycles. The van der Waals surface area contributed by atoms with E-state index in [1.54, 1.807) is 0 Å². The van der Waals surface area contributed by atoms with Crippen molar-refractivity contribution in [1.82, 2.24) is 0 Å². The number of carbonyl (C=O) groups excluding carboxylic acids is 1. The van der Waals surface area contributed by atoms with Gasteiger partial charge >= 0.3 is 0 Å². The summed E-state index contributed by atoms with van der Waals surface area (Å²) in [6.07, 6.45) is 0.271. The van der Waals surface area contributed by atoms with Crippen LogP contribution in [0.2, 0.25) is 0 Å². The molecule has 0 amide bonds. The van der Waals surface area contributed by atoms with Crippen molar-refractivity contribution in [2.75, 3.05) is 6.61 Å². The van der Waals surface area contributed by atoms with Gasteiger partial charge in [-0.1, -0.05) is 30.3 Å². The van der Waals surface area contributed by atoms with Crippen molar-refractivity contribution in [3.63, 3.8) is 0 Å². The lowest BCUT2D eigenvalue weighted by atomic mass is 10.4. The largest absolute Gasteiger partial charge is 0.396 e. The van der Waals surface area contributed by atoms with E-state index in [9.17, 15) is 4.79 Å². The second kappa shape index (κ2) is 5.02. The van der Waals surface area contributed by atoms with E-state index in [0.29, 0.717) is 0 Å². The topological polar surface area (TPSA) is 37.3 Å². The Morgan fingerprint density at radius 3 is 2.58 bits per heavy atom. The molecule has 0 aliphatic heterocycles. The summed E-state index contributed by atoms with van der Waals surface area (Å²) in [6.45, 7) is -0.0430. The fraction of sp³-hybridized carbons (Fsp3) is 0.222. The highest BCUT2D eigenvalue weighted by atomic mass is 31.1. The van der Waals surface area contributed by atoms with Crippen LogP contribution >= 0.6 is 8.58 Å². The molecule has 1 rings (SSSR count). The van der Waals surface area contributed by atoms with Crippen LogP contribution in [0.4, 0.5) is 0 Å². The number of rotatable bonds is 4. The van der Waals surface area contributed by atoms with E-state index in [2.05, 4.69) is 0 Å². The summed E-state index contributed by atoms with van der Waals surface area (Å²) in [7, 11) is 0.186. The van der Waals surface area contributed by atoms with Gasteiger partial charge in [0.1, 0.15) is 0 Å². The first-order chi connectivity index (χ1) is 5.83. The van der Waals surface area contributed by atoms with Crippen LogP contribution in [-0.2, 0) is 4.79 Å². The van der Waals surface area contributed by atoms with Crippen LogP contribution in [0.15, 0.2) is 30.3 Å². The summed E-state index contributed by atoms with van der Waals surface area (Å²) in [5.41, 5.74) is 0.115. The molecular weight excluding hydrogens is 171 g/mol. The van der Waals surface area contributed by atoms with E-state index in [1.165, 1.54) is 0 Å². The highest BCUT2D eigenvalue weighted by molar-refractivity contribution is 7.65. The molecular formula is C9H11O2P.